The van der Waals surface area contributed by atoms with E-state index in [1.807, 2.05) is 0 Å². The fourth-order valence-electron chi connectivity index (χ4n) is 0. The molecule has 3 nitrogen and oxygen atoms in total. The Kier molecular flexibility index (Phi) is 5.67. The SMILES string of the molecule is C#CC(C)(C)O.CC(=O)O. The highest BCUT2D eigenvalue weighted by molar-refractivity contribution is 5.62. The first-order valence-electron chi connectivity index (χ1n) is 2.69. The van der Waals surface area contributed by atoms with Crippen LogP contribution in [0.15, 0.2) is 0 Å². The molecule has 0 rings (SSSR count). The van der Waals surface area contributed by atoms with Crippen molar-refractivity contribution in [1.29, 1.82) is 0 Å². The summed E-state index contributed by atoms with van der Waals surface area (Å²) in [7, 11) is 0. The van der Waals surface area contributed by atoms with Crippen molar-refractivity contribution < 1.29 is 15.0 Å². The van der Waals surface area contributed by atoms with Crippen molar-refractivity contribution in [2.75, 3.05) is 0 Å². The number of carboxylic acid groups (broad SMARTS) is 1. The first-order chi connectivity index (χ1) is 4.29. The Bertz CT molecular complexity index is 132. The van der Waals surface area contributed by atoms with Gasteiger partial charge in [0.25, 0.3) is 5.97 Å². The smallest absolute Gasteiger partial charge is 0.300 e. The first kappa shape index (κ1) is 11.7. The molecule has 3 heteroatoms. The minimum absolute atomic E-state index is 0.833. The van der Waals surface area contributed by atoms with Gasteiger partial charge in [-0.3, -0.25) is 4.79 Å². The van der Waals surface area contributed by atoms with Gasteiger partial charge in [-0.2, -0.15) is 0 Å². The molecule has 0 unspecified atom stereocenters. The van der Waals surface area contributed by atoms with Gasteiger partial charge >= 0.3 is 0 Å². The second-order valence-corrected chi connectivity index (χ2v) is 2.22. The van der Waals surface area contributed by atoms with Crippen molar-refractivity contribution in [3.8, 4) is 12.3 Å². The summed E-state index contributed by atoms with van der Waals surface area (Å²) in [5, 5.41) is 16.0. The fourth-order valence-corrected chi connectivity index (χ4v) is 0. The monoisotopic (exact) mass is 144 g/mol. The molecule has 0 amide bonds. The van der Waals surface area contributed by atoms with E-state index in [1.165, 1.54) is 0 Å². The molecule has 0 saturated carbocycles. The highest BCUT2D eigenvalue weighted by Crippen LogP contribution is 1.93. The van der Waals surface area contributed by atoms with Gasteiger partial charge in [-0.05, 0) is 13.8 Å². The Morgan fingerprint density at radius 1 is 1.60 bits per heavy atom. The second-order valence-electron chi connectivity index (χ2n) is 2.22. The van der Waals surface area contributed by atoms with Crippen LogP contribution in [0.1, 0.15) is 20.8 Å². The van der Waals surface area contributed by atoms with E-state index in [4.69, 9.17) is 21.4 Å². The summed E-state index contributed by atoms with van der Waals surface area (Å²) in [5.74, 6) is 1.33. The Labute approximate surface area is 60.7 Å². The molecule has 10 heavy (non-hydrogen) atoms. The molecular weight excluding hydrogens is 132 g/mol. The van der Waals surface area contributed by atoms with Crippen LogP contribution in [-0.4, -0.2) is 21.8 Å². The van der Waals surface area contributed by atoms with Crippen molar-refractivity contribution in [2.45, 2.75) is 26.4 Å². The molecule has 0 bridgehead atoms. The summed E-state index contributed by atoms with van der Waals surface area (Å²) in [6.45, 7) is 4.21. The van der Waals surface area contributed by atoms with Gasteiger partial charge in [-0.25, -0.2) is 0 Å². The Hall–Kier alpha value is -1.01. The molecule has 0 aromatic rings. The lowest BCUT2D eigenvalue weighted by molar-refractivity contribution is -0.134. The Morgan fingerprint density at radius 2 is 1.70 bits per heavy atom. The molecule has 0 aliphatic rings. The molecule has 0 radical (unpaired) electrons. The van der Waals surface area contributed by atoms with Crippen LogP contribution in [0, 0.1) is 12.3 Å². The average molecular weight is 144 g/mol. The summed E-state index contributed by atoms with van der Waals surface area (Å²) in [4.78, 5) is 9.00. The number of aliphatic hydroxyl groups is 1. The van der Waals surface area contributed by atoms with Gasteiger partial charge in [0.2, 0.25) is 0 Å². The summed E-state index contributed by atoms with van der Waals surface area (Å²) in [5.41, 5.74) is -0.931. The minimum atomic E-state index is -0.931. The van der Waals surface area contributed by atoms with Gasteiger partial charge in [0.05, 0.1) is 0 Å². The van der Waals surface area contributed by atoms with E-state index < -0.39 is 11.6 Å². The van der Waals surface area contributed by atoms with Crippen molar-refractivity contribution >= 4 is 5.97 Å². The molecule has 2 N–H and O–H groups in total. The molecule has 0 saturated heterocycles. The van der Waals surface area contributed by atoms with Crippen LogP contribution in [0.5, 0.6) is 0 Å². The van der Waals surface area contributed by atoms with E-state index in [0.29, 0.717) is 0 Å². The number of aliphatic carboxylic acids is 1. The van der Waals surface area contributed by atoms with Crippen LogP contribution in [0.4, 0.5) is 0 Å². The molecule has 0 heterocycles. The van der Waals surface area contributed by atoms with Crippen LogP contribution < -0.4 is 0 Å². The minimum Gasteiger partial charge on any atom is -0.481 e. The van der Waals surface area contributed by atoms with Crippen LogP contribution in [0.3, 0.4) is 0 Å². The van der Waals surface area contributed by atoms with Gasteiger partial charge in [-0.1, -0.05) is 5.92 Å². The fraction of sp³-hybridized carbons (Fsp3) is 0.571. The summed E-state index contributed by atoms with van der Waals surface area (Å²) >= 11 is 0. The number of carboxylic acids is 1. The average Bonchev–Trinajstić information content (AvgIpc) is 1.63. The quantitative estimate of drug-likeness (QED) is 0.486. The number of terminal acetylenes is 1. The maximum Gasteiger partial charge on any atom is 0.300 e. The zero-order valence-corrected chi connectivity index (χ0v) is 6.38. The number of hydrogen-bond acceptors (Lipinski definition) is 2. The number of rotatable bonds is 0. The lowest BCUT2D eigenvalue weighted by Gasteiger charge is -2.04. The maximum absolute atomic E-state index is 9.00. The normalized spacial score (nSPS) is 8.70. The maximum atomic E-state index is 9.00. The molecule has 58 valence electrons. The lowest BCUT2D eigenvalue weighted by Crippen LogP contribution is -2.13. The van der Waals surface area contributed by atoms with Gasteiger partial charge in [0.1, 0.15) is 5.60 Å². The van der Waals surface area contributed by atoms with E-state index in [1.54, 1.807) is 13.8 Å². The van der Waals surface area contributed by atoms with Gasteiger partial charge in [0.15, 0.2) is 0 Å². The molecule has 0 spiro atoms. The van der Waals surface area contributed by atoms with Crippen molar-refractivity contribution in [3.63, 3.8) is 0 Å². The molecule has 0 aromatic carbocycles. The standard InChI is InChI=1S/C5H8O.C2H4O2/c1-4-5(2,3)6;1-2(3)4/h1,6H,2-3H3;1H3,(H,3,4). The number of carbonyl (C=O) groups is 1. The van der Waals surface area contributed by atoms with E-state index in [0.717, 1.165) is 6.92 Å². The third-order valence-electron chi connectivity index (χ3n) is 0.353. The lowest BCUT2D eigenvalue weighted by atomic mass is 10.2. The third-order valence-corrected chi connectivity index (χ3v) is 0.353. The van der Waals surface area contributed by atoms with Crippen molar-refractivity contribution in [1.82, 2.24) is 0 Å². The molecular formula is C7H12O3. The molecule has 0 aliphatic carbocycles. The van der Waals surface area contributed by atoms with Crippen molar-refractivity contribution in [3.05, 3.63) is 0 Å². The molecule has 0 fully saturated rings. The predicted molar refractivity (Wildman–Crippen MR) is 38.4 cm³/mol. The zero-order chi connectivity index (χ0) is 8.78. The third kappa shape index (κ3) is 63.3. The first-order valence-corrected chi connectivity index (χ1v) is 2.69. The van der Waals surface area contributed by atoms with Gasteiger partial charge in [-0.15, -0.1) is 6.42 Å². The van der Waals surface area contributed by atoms with Crippen LogP contribution in [0.25, 0.3) is 0 Å². The van der Waals surface area contributed by atoms with E-state index >= 15 is 0 Å². The Morgan fingerprint density at radius 3 is 1.70 bits per heavy atom. The Balaban J connectivity index is 0. The summed E-state index contributed by atoms with van der Waals surface area (Å²) in [6, 6.07) is 0. The van der Waals surface area contributed by atoms with Crippen LogP contribution in [-0.2, 0) is 4.79 Å². The van der Waals surface area contributed by atoms with Gasteiger partial charge < -0.3 is 10.2 Å². The van der Waals surface area contributed by atoms with Crippen LogP contribution in [0.2, 0.25) is 0 Å². The summed E-state index contributed by atoms with van der Waals surface area (Å²) in [6.07, 6.45) is 4.81. The van der Waals surface area contributed by atoms with E-state index in [9.17, 15) is 0 Å². The molecule has 0 aromatic heterocycles. The largest absolute Gasteiger partial charge is 0.481 e. The zero-order valence-electron chi connectivity index (χ0n) is 6.38. The van der Waals surface area contributed by atoms with Crippen molar-refractivity contribution in [2.24, 2.45) is 0 Å². The second kappa shape index (κ2) is 4.83. The van der Waals surface area contributed by atoms with E-state index in [-0.39, 0.29) is 0 Å². The highest BCUT2D eigenvalue weighted by Gasteiger charge is 2.03. The number of hydrogen-bond donors (Lipinski definition) is 2. The topological polar surface area (TPSA) is 57.5 Å². The van der Waals surface area contributed by atoms with E-state index in [2.05, 4.69) is 5.92 Å². The molecule has 0 aliphatic heterocycles. The van der Waals surface area contributed by atoms with Gasteiger partial charge in [0, 0.05) is 6.92 Å². The predicted octanol–water partition coefficient (Wildman–Crippen LogP) is 0.481. The van der Waals surface area contributed by atoms with Crippen LogP contribution >= 0.6 is 0 Å². The summed E-state index contributed by atoms with van der Waals surface area (Å²) < 4.78 is 0. The molecule has 0 atom stereocenters. The highest BCUT2D eigenvalue weighted by atomic mass is 16.4.